The van der Waals surface area contributed by atoms with Crippen LogP contribution in [0.3, 0.4) is 0 Å². The first-order chi connectivity index (χ1) is 9.65. The molecule has 0 bridgehead atoms. The van der Waals surface area contributed by atoms with Gasteiger partial charge >= 0.3 is 6.09 Å². The van der Waals surface area contributed by atoms with E-state index < -0.39 is 6.09 Å². The van der Waals surface area contributed by atoms with Gasteiger partial charge in [-0.15, -0.1) is 0 Å². The lowest BCUT2D eigenvalue weighted by molar-refractivity contribution is 0.0246. The van der Waals surface area contributed by atoms with Crippen LogP contribution >= 0.6 is 0 Å². The van der Waals surface area contributed by atoms with E-state index in [9.17, 15) is 9.90 Å². The summed E-state index contributed by atoms with van der Waals surface area (Å²) in [5, 5.41) is 9.34. The number of rotatable bonds is 4. The minimum Gasteiger partial charge on any atom is -0.465 e. The zero-order valence-corrected chi connectivity index (χ0v) is 12.3. The molecule has 0 spiro atoms. The van der Waals surface area contributed by atoms with Gasteiger partial charge in [0.2, 0.25) is 0 Å². The van der Waals surface area contributed by atoms with Gasteiger partial charge in [-0.3, -0.25) is 4.90 Å². The van der Waals surface area contributed by atoms with E-state index in [0.717, 1.165) is 25.9 Å². The van der Waals surface area contributed by atoms with Crippen molar-refractivity contribution in [3.05, 3.63) is 35.9 Å². The van der Waals surface area contributed by atoms with Crippen molar-refractivity contribution in [2.24, 2.45) is 0 Å². The SMILES string of the molecule is CC[C@@H]1CN(C(=O)O)[C@@H](CC)CN1Cc1ccccc1. The van der Waals surface area contributed by atoms with Gasteiger partial charge in [-0.25, -0.2) is 4.79 Å². The maximum Gasteiger partial charge on any atom is 0.407 e. The fourth-order valence-corrected chi connectivity index (χ4v) is 2.99. The molecular weight excluding hydrogens is 252 g/mol. The van der Waals surface area contributed by atoms with E-state index in [1.165, 1.54) is 5.56 Å². The van der Waals surface area contributed by atoms with Gasteiger partial charge in [-0.1, -0.05) is 44.2 Å². The molecular formula is C16H24N2O2. The molecule has 1 N–H and O–H groups in total. The van der Waals surface area contributed by atoms with Crippen LogP contribution in [0.1, 0.15) is 32.3 Å². The Labute approximate surface area is 121 Å². The van der Waals surface area contributed by atoms with Crippen molar-refractivity contribution >= 4 is 6.09 Å². The van der Waals surface area contributed by atoms with Crippen LogP contribution in [-0.4, -0.2) is 46.2 Å². The average molecular weight is 276 g/mol. The summed E-state index contributed by atoms with van der Waals surface area (Å²) in [7, 11) is 0. The van der Waals surface area contributed by atoms with Crippen LogP contribution in [0.25, 0.3) is 0 Å². The molecule has 0 saturated carbocycles. The molecule has 0 radical (unpaired) electrons. The second kappa shape index (κ2) is 6.75. The second-order valence-corrected chi connectivity index (χ2v) is 5.47. The topological polar surface area (TPSA) is 43.8 Å². The zero-order valence-electron chi connectivity index (χ0n) is 12.3. The summed E-state index contributed by atoms with van der Waals surface area (Å²) in [6.45, 7) is 6.55. The van der Waals surface area contributed by atoms with E-state index >= 15 is 0 Å². The van der Waals surface area contributed by atoms with Gasteiger partial charge in [0, 0.05) is 31.7 Å². The second-order valence-electron chi connectivity index (χ2n) is 5.47. The highest BCUT2D eigenvalue weighted by Crippen LogP contribution is 2.22. The molecule has 2 rings (SSSR count). The normalized spacial score (nSPS) is 23.8. The van der Waals surface area contributed by atoms with Crippen molar-refractivity contribution in [3.8, 4) is 0 Å². The van der Waals surface area contributed by atoms with E-state index in [4.69, 9.17) is 0 Å². The molecule has 110 valence electrons. The number of hydrogen-bond acceptors (Lipinski definition) is 2. The Morgan fingerprint density at radius 2 is 1.80 bits per heavy atom. The highest BCUT2D eigenvalue weighted by Gasteiger charge is 2.34. The van der Waals surface area contributed by atoms with Gasteiger partial charge < -0.3 is 10.0 Å². The summed E-state index contributed by atoms with van der Waals surface area (Å²) in [4.78, 5) is 15.4. The Hall–Kier alpha value is -1.55. The number of amides is 1. The quantitative estimate of drug-likeness (QED) is 0.919. The third-order valence-corrected chi connectivity index (χ3v) is 4.23. The van der Waals surface area contributed by atoms with Crippen molar-refractivity contribution < 1.29 is 9.90 Å². The Morgan fingerprint density at radius 1 is 1.15 bits per heavy atom. The lowest BCUT2D eigenvalue weighted by atomic mass is 10.0. The summed E-state index contributed by atoms with van der Waals surface area (Å²) in [5.41, 5.74) is 1.30. The van der Waals surface area contributed by atoms with E-state index in [0.29, 0.717) is 12.6 Å². The minimum absolute atomic E-state index is 0.110. The number of carbonyl (C=O) groups is 1. The Morgan fingerprint density at radius 3 is 2.35 bits per heavy atom. The molecule has 1 aliphatic rings. The summed E-state index contributed by atoms with van der Waals surface area (Å²) in [6.07, 6.45) is 1.07. The molecule has 4 nitrogen and oxygen atoms in total. The zero-order chi connectivity index (χ0) is 14.5. The summed E-state index contributed by atoms with van der Waals surface area (Å²) < 4.78 is 0. The molecule has 1 amide bonds. The highest BCUT2D eigenvalue weighted by molar-refractivity contribution is 5.65. The molecule has 1 aliphatic heterocycles. The van der Waals surface area contributed by atoms with Gasteiger partial charge in [0.25, 0.3) is 0 Å². The standard InChI is InChI=1S/C16H24N2O2/c1-3-14-12-18(16(19)20)15(4-2)11-17(14)10-13-8-6-5-7-9-13/h5-9,14-15H,3-4,10-12H2,1-2H3,(H,19,20)/t14-,15+/m1/s1. The molecule has 1 fully saturated rings. The molecule has 4 heteroatoms. The predicted molar refractivity (Wildman–Crippen MR) is 79.7 cm³/mol. The summed E-state index contributed by atoms with van der Waals surface area (Å²) >= 11 is 0. The molecule has 1 heterocycles. The van der Waals surface area contributed by atoms with Crippen molar-refractivity contribution in [3.63, 3.8) is 0 Å². The first-order valence-electron chi connectivity index (χ1n) is 7.43. The molecule has 0 aliphatic carbocycles. The predicted octanol–water partition coefficient (Wildman–Crippen LogP) is 3.04. The summed E-state index contributed by atoms with van der Waals surface area (Å²) in [5.74, 6) is 0. The maximum absolute atomic E-state index is 11.4. The van der Waals surface area contributed by atoms with E-state index in [-0.39, 0.29) is 6.04 Å². The van der Waals surface area contributed by atoms with Crippen LogP contribution in [-0.2, 0) is 6.54 Å². The fourth-order valence-electron chi connectivity index (χ4n) is 2.99. The first-order valence-corrected chi connectivity index (χ1v) is 7.43. The smallest absolute Gasteiger partial charge is 0.407 e. The van der Waals surface area contributed by atoms with Crippen LogP contribution in [0.2, 0.25) is 0 Å². The molecule has 0 aromatic heterocycles. The van der Waals surface area contributed by atoms with Crippen molar-refractivity contribution in [2.45, 2.75) is 45.3 Å². The Kier molecular flexibility index (Phi) is 5.01. The van der Waals surface area contributed by atoms with E-state index in [1.54, 1.807) is 4.90 Å². The van der Waals surface area contributed by atoms with Crippen LogP contribution in [0.15, 0.2) is 30.3 Å². The number of carboxylic acid groups (broad SMARTS) is 1. The van der Waals surface area contributed by atoms with Gasteiger partial charge in [-0.05, 0) is 18.4 Å². The van der Waals surface area contributed by atoms with Crippen molar-refractivity contribution in [1.29, 1.82) is 0 Å². The summed E-state index contributed by atoms with van der Waals surface area (Å²) in [6, 6.07) is 10.8. The largest absolute Gasteiger partial charge is 0.465 e. The van der Waals surface area contributed by atoms with Crippen LogP contribution in [0, 0.1) is 0 Å². The van der Waals surface area contributed by atoms with Crippen molar-refractivity contribution in [2.75, 3.05) is 13.1 Å². The lowest BCUT2D eigenvalue weighted by Crippen LogP contribution is -2.58. The van der Waals surface area contributed by atoms with Gasteiger partial charge in [0.15, 0.2) is 0 Å². The van der Waals surface area contributed by atoms with Gasteiger partial charge in [-0.2, -0.15) is 0 Å². The third kappa shape index (κ3) is 3.31. The highest BCUT2D eigenvalue weighted by atomic mass is 16.4. The average Bonchev–Trinajstić information content (AvgIpc) is 2.47. The minimum atomic E-state index is -0.783. The maximum atomic E-state index is 11.4. The Balaban J connectivity index is 2.10. The number of hydrogen-bond donors (Lipinski definition) is 1. The van der Waals surface area contributed by atoms with E-state index in [1.807, 2.05) is 6.07 Å². The lowest BCUT2D eigenvalue weighted by Gasteiger charge is -2.45. The van der Waals surface area contributed by atoms with Crippen LogP contribution < -0.4 is 0 Å². The van der Waals surface area contributed by atoms with Gasteiger partial charge in [0.05, 0.1) is 0 Å². The Bertz CT molecular complexity index is 435. The molecule has 2 atom stereocenters. The monoisotopic (exact) mass is 276 g/mol. The third-order valence-electron chi connectivity index (χ3n) is 4.23. The van der Waals surface area contributed by atoms with E-state index in [2.05, 4.69) is 43.0 Å². The fraction of sp³-hybridized carbons (Fsp3) is 0.562. The molecule has 0 unspecified atom stereocenters. The molecule has 1 aromatic carbocycles. The van der Waals surface area contributed by atoms with Crippen LogP contribution in [0.5, 0.6) is 0 Å². The van der Waals surface area contributed by atoms with Crippen molar-refractivity contribution in [1.82, 2.24) is 9.80 Å². The number of nitrogens with zero attached hydrogens (tertiary/aromatic N) is 2. The first kappa shape index (κ1) is 14.9. The number of benzene rings is 1. The molecule has 20 heavy (non-hydrogen) atoms. The molecule has 1 aromatic rings. The van der Waals surface area contributed by atoms with Crippen LogP contribution in [0.4, 0.5) is 4.79 Å². The number of piperazine rings is 1. The molecule has 1 saturated heterocycles. The van der Waals surface area contributed by atoms with Gasteiger partial charge in [0.1, 0.15) is 0 Å².